The van der Waals surface area contributed by atoms with Crippen molar-refractivity contribution in [2.75, 3.05) is 6.26 Å². The Labute approximate surface area is 72.6 Å². The lowest BCUT2D eigenvalue weighted by Crippen LogP contribution is -1.71. The first-order valence-corrected chi connectivity index (χ1v) is 4.78. The van der Waals surface area contributed by atoms with E-state index in [-0.39, 0.29) is 0 Å². The van der Waals surface area contributed by atoms with Gasteiger partial charge in [-0.3, -0.25) is 0 Å². The summed E-state index contributed by atoms with van der Waals surface area (Å²) in [5, 5.41) is 9.03. The molecule has 1 rings (SSSR count). The molecule has 0 fully saturated rings. The van der Waals surface area contributed by atoms with Crippen molar-refractivity contribution >= 4 is 27.7 Å². The fourth-order valence-corrected chi connectivity index (χ4v) is 1.88. The number of hydrogen-bond donors (Lipinski definition) is 1. The molecule has 0 atom stereocenters. The fourth-order valence-electron chi connectivity index (χ4n) is 0.648. The van der Waals surface area contributed by atoms with Gasteiger partial charge in [-0.05, 0) is 40.4 Å². The van der Waals surface area contributed by atoms with Crippen LogP contribution in [0, 0.1) is 0 Å². The summed E-state index contributed by atoms with van der Waals surface area (Å²) in [5.74, 6) is 0.313. The molecule has 0 saturated heterocycles. The molecular formula is C7H7BrOS. The molecule has 0 aliphatic carbocycles. The highest BCUT2D eigenvalue weighted by Gasteiger charge is 1.97. The average molecular weight is 219 g/mol. The van der Waals surface area contributed by atoms with E-state index in [9.17, 15) is 0 Å². The van der Waals surface area contributed by atoms with E-state index in [0.29, 0.717) is 5.75 Å². The number of phenols is 1. The molecule has 0 spiro atoms. The van der Waals surface area contributed by atoms with Crippen LogP contribution in [0.4, 0.5) is 0 Å². The van der Waals surface area contributed by atoms with E-state index < -0.39 is 0 Å². The maximum absolute atomic E-state index is 9.03. The Bertz CT molecular complexity index is 237. The smallest absolute Gasteiger partial charge is 0.116 e. The van der Waals surface area contributed by atoms with Crippen molar-refractivity contribution in [1.29, 1.82) is 0 Å². The van der Waals surface area contributed by atoms with Gasteiger partial charge in [-0.25, -0.2) is 0 Å². The lowest BCUT2D eigenvalue weighted by atomic mass is 10.3. The van der Waals surface area contributed by atoms with Crippen molar-refractivity contribution in [3.63, 3.8) is 0 Å². The predicted octanol–water partition coefficient (Wildman–Crippen LogP) is 2.88. The van der Waals surface area contributed by atoms with Crippen LogP contribution in [0.2, 0.25) is 0 Å². The Morgan fingerprint density at radius 2 is 2.20 bits per heavy atom. The van der Waals surface area contributed by atoms with Crippen LogP contribution in [0.1, 0.15) is 0 Å². The van der Waals surface area contributed by atoms with Crippen molar-refractivity contribution in [1.82, 2.24) is 0 Å². The van der Waals surface area contributed by atoms with Gasteiger partial charge in [-0.1, -0.05) is 0 Å². The molecule has 0 bridgehead atoms. The molecule has 0 radical (unpaired) electrons. The van der Waals surface area contributed by atoms with Gasteiger partial charge >= 0.3 is 0 Å². The summed E-state index contributed by atoms with van der Waals surface area (Å²) >= 11 is 4.96. The van der Waals surface area contributed by atoms with Crippen molar-refractivity contribution in [2.24, 2.45) is 0 Å². The van der Waals surface area contributed by atoms with Gasteiger partial charge in [0.25, 0.3) is 0 Å². The minimum atomic E-state index is 0.313. The van der Waals surface area contributed by atoms with Crippen LogP contribution in [-0.2, 0) is 0 Å². The quantitative estimate of drug-likeness (QED) is 0.733. The molecule has 0 heterocycles. The van der Waals surface area contributed by atoms with Crippen LogP contribution < -0.4 is 0 Å². The molecular weight excluding hydrogens is 212 g/mol. The second-order valence-corrected chi connectivity index (χ2v) is 3.52. The third kappa shape index (κ3) is 1.67. The Kier molecular flexibility index (Phi) is 2.63. The summed E-state index contributed by atoms with van der Waals surface area (Å²) in [6, 6.07) is 5.22. The normalized spacial score (nSPS) is 9.80. The van der Waals surface area contributed by atoms with E-state index in [1.165, 1.54) is 0 Å². The molecule has 0 aliphatic rings. The highest BCUT2D eigenvalue weighted by atomic mass is 79.9. The highest BCUT2D eigenvalue weighted by molar-refractivity contribution is 9.10. The monoisotopic (exact) mass is 218 g/mol. The first-order chi connectivity index (χ1) is 4.74. The Hall–Kier alpha value is -0.150. The van der Waals surface area contributed by atoms with Gasteiger partial charge in [0.15, 0.2) is 0 Å². The largest absolute Gasteiger partial charge is 0.508 e. The summed E-state index contributed by atoms with van der Waals surface area (Å²) in [6.45, 7) is 0. The van der Waals surface area contributed by atoms with E-state index in [2.05, 4.69) is 15.9 Å². The minimum absolute atomic E-state index is 0.313. The molecule has 1 nitrogen and oxygen atoms in total. The zero-order chi connectivity index (χ0) is 7.56. The molecule has 3 heteroatoms. The van der Waals surface area contributed by atoms with Crippen LogP contribution in [0.25, 0.3) is 0 Å². The van der Waals surface area contributed by atoms with Crippen molar-refractivity contribution in [3.8, 4) is 5.75 Å². The van der Waals surface area contributed by atoms with Crippen LogP contribution in [0.15, 0.2) is 27.6 Å². The molecule has 0 amide bonds. The number of halogens is 1. The Morgan fingerprint density at radius 1 is 1.50 bits per heavy atom. The van der Waals surface area contributed by atoms with E-state index in [1.807, 2.05) is 12.3 Å². The molecule has 1 N–H and O–H groups in total. The topological polar surface area (TPSA) is 20.2 Å². The van der Waals surface area contributed by atoms with Gasteiger partial charge in [0, 0.05) is 9.37 Å². The van der Waals surface area contributed by atoms with Crippen molar-refractivity contribution in [3.05, 3.63) is 22.7 Å². The van der Waals surface area contributed by atoms with E-state index in [1.54, 1.807) is 23.9 Å². The Balaban J connectivity index is 3.09. The molecule has 10 heavy (non-hydrogen) atoms. The number of rotatable bonds is 1. The molecule has 1 aromatic rings. The number of phenolic OH excluding ortho intramolecular Hbond substituents is 1. The molecule has 0 saturated carbocycles. The first kappa shape index (κ1) is 7.95. The summed E-state index contributed by atoms with van der Waals surface area (Å²) in [4.78, 5) is 1.06. The zero-order valence-electron chi connectivity index (χ0n) is 5.47. The predicted molar refractivity (Wildman–Crippen MR) is 47.6 cm³/mol. The van der Waals surface area contributed by atoms with Crippen LogP contribution in [0.5, 0.6) is 5.75 Å². The summed E-state index contributed by atoms with van der Waals surface area (Å²) in [6.07, 6.45) is 1.97. The highest BCUT2D eigenvalue weighted by Crippen LogP contribution is 2.28. The van der Waals surface area contributed by atoms with Crippen LogP contribution in [-0.4, -0.2) is 11.4 Å². The van der Waals surface area contributed by atoms with Crippen molar-refractivity contribution < 1.29 is 5.11 Å². The molecule has 0 aromatic heterocycles. The average Bonchev–Trinajstić information content (AvgIpc) is 1.94. The summed E-state index contributed by atoms with van der Waals surface area (Å²) < 4.78 is 1.03. The number of hydrogen-bond acceptors (Lipinski definition) is 2. The van der Waals surface area contributed by atoms with Gasteiger partial charge in [-0.15, -0.1) is 11.8 Å². The van der Waals surface area contributed by atoms with Gasteiger partial charge in [0.05, 0.1) is 0 Å². The molecule has 0 aliphatic heterocycles. The van der Waals surface area contributed by atoms with Crippen molar-refractivity contribution in [2.45, 2.75) is 4.90 Å². The van der Waals surface area contributed by atoms with E-state index in [0.717, 1.165) is 9.37 Å². The molecule has 54 valence electrons. The standard InChI is InChI=1S/C7H7BrOS/c1-10-7-4-5(9)2-3-6(7)8/h2-4,9H,1H3. The van der Waals surface area contributed by atoms with E-state index >= 15 is 0 Å². The van der Waals surface area contributed by atoms with Gasteiger partial charge in [0.2, 0.25) is 0 Å². The zero-order valence-corrected chi connectivity index (χ0v) is 7.87. The van der Waals surface area contributed by atoms with Gasteiger partial charge in [-0.2, -0.15) is 0 Å². The fraction of sp³-hybridized carbons (Fsp3) is 0.143. The maximum Gasteiger partial charge on any atom is 0.116 e. The Morgan fingerprint density at radius 3 is 2.70 bits per heavy atom. The third-order valence-electron chi connectivity index (χ3n) is 1.13. The number of benzene rings is 1. The SMILES string of the molecule is CSc1cc(O)ccc1Br. The van der Waals surface area contributed by atoms with Crippen LogP contribution >= 0.6 is 27.7 Å². The number of thioether (sulfide) groups is 1. The minimum Gasteiger partial charge on any atom is -0.508 e. The second-order valence-electron chi connectivity index (χ2n) is 1.82. The second kappa shape index (κ2) is 3.30. The molecule has 1 aromatic carbocycles. The van der Waals surface area contributed by atoms with E-state index in [4.69, 9.17) is 5.11 Å². The lowest BCUT2D eigenvalue weighted by Gasteiger charge is -1.99. The molecule has 0 unspecified atom stereocenters. The van der Waals surface area contributed by atoms with Gasteiger partial charge < -0.3 is 5.11 Å². The van der Waals surface area contributed by atoms with Crippen LogP contribution in [0.3, 0.4) is 0 Å². The lowest BCUT2D eigenvalue weighted by molar-refractivity contribution is 0.473. The third-order valence-corrected chi connectivity index (χ3v) is 2.87. The summed E-state index contributed by atoms with van der Waals surface area (Å²) in [7, 11) is 0. The maximum atomic E-state index is 9.03. The number of aromatic hydroxyl groups is 1. The summed E-state index contributed by atoms with van der Waals surface area (Å²) in [5.41, 5.74) is 0. The first-order valence-electron chi connectivity index (χ1n) is 2.76. The van der Waals surface area contributed by atoms with Gasteiger partial charge in [0.1, 0.15) is 5.75 Å².